The van der Waals surface area contributed by atoms with Crippen molar-refractivity contribution in [3.8, 4) is 0 Å². The summed E-state index contributed by atoms with van der Waals surface area (Å²) in [6.07, 6.45) is 6.71. The molecule has 3 aromatic rings. The van der Waals surface area contributed by atoms with Gasteiger partial charge in [-0.25, -0.2) is 4.98 Å². The average Bonchev–Trinajstić information content (AvgIpc) is 3.28. The molecule has 0 fully saturated rings. The van der Waals surface area contributed by atoms with Crippen LogP contribution in [0.2, 0.25) is 0 Å². The third-order valence-electron chi connectivity index (χ3n) is 3.61. The number of aromatic nitrogens is 4. The van der Waals surface area contributed by atoms with Crippen molar-refractivity contribution in [2.45, 2.75) is 18.9 Å². The number of carbonyl (C=O) groups is 1. The lowest BCUT2D eigenvalue weighted by molar-refractivity contribution is -0.121. The lowest BCUT2D eigenvalue weighted by atomic mass is 10.1. The molecule has 1 N–H and O–H groups in total. The second-order valence-electron chi connectivity index (χ2n) is 5.34. The zero-order valence-electron chi connectivity index (χ0n) is 12.9. The first kappa shape index (κ1) is 15.5. The van der Waals surface area contributed by atoms with E-state index in [1.807, 2.05) is 37.0 Å². The molecule has 0 aliphatic heterocycles. The number of nitrogens with zero attached hydrogens (tertiary/aromatic N) is 4. The topological polar surface area (TPSA) is 64.7 Å². The van der Waals surface area contributed by atoms with Gasteiger partial charge < -0.3 is 9.88 Å². The van der Waals surface area contributed by atoms with E-state index in [1.165, 1.54) is 0 Å². The van der Waals surface area contributed by atoms with Gasteiger partial charge in [0.25, 0.3) is 0 Å². The molecule has 0 radical (unpaired) electrons. The van der Waals surface area contributed by atoms with E-state index in [0.29, 0.717) is 19.4 Å². The normalized spacial score (nSPS) is 12.2. The van der Waals surface area contributed by atoms with Gasteiger partial charge in [-0.2, -0.15) is 16.4 Å². The number of rotatable bonds is 7. The fourth-order valence-corrected chi connectivity index (χ4v) is 3.18. The van der Waals surface area contributed by atoms with Gasteiger partial charge in [0.05, 0.1) is 12.5 Å². The molecule has 0 aromatic carbocycles. The van der Waals surface area contributed by atoms with E-state index >= 15 is 0 Å². The summed E-state index contributed by atoms with van der Waals surface area (Å²) in [5.74, 6) is 0.776. The van der Waals surface area contributed by atoms with Gasteiger partial charge in [-0.05, 0) is 34.5 Å². The summed E-state index contributed by atoms with van der Waals surface area (Å²) in [5.41, 5.74) is 1.16. The Kier molecular flexibility index (Phi) is 4.87. The number of amides is 1. The van der Waals surface area contributed by atoms with Crippen LogP contribution in [0.15, 0.2) is 47.7 Å². The van der Waals surface area contributed by atoms with Crippen LogP contribution in [0.1, 0.15) is 23.9 Å². The van der Waals surface area contributed by atoms with Gasteiger partial charge in [-0.15, -0.1) is 0 Å². The van der Waals surface area contributed by atoms with Crippen molar-refractivity contribution in [1.29, 1.82) is 0 Å². The zero-order chi connectivity index (χ0) is 16.1. The van der Waals surface area contributed by atoms with Crippen LogP contribution in [0, 0.1) is 0 Å². The molecule has 6 nitrogen and oxygen atoms in total. The molecular formula is C16H19N5OS. The molecule has 0 aliphatic rings. The molecule has 1 amide bonds. The molecule has 3 heterocycles. The molecular weight excluding hydrogens is 310 g/mol. The molecule has 120 valence electrons. The standard InChI is InChI=1S/C16H19N5OS/c1-20-12-18-15(19-20)4-6-17-16(22)10-14(13-5-9-23-11-13)21-7-2-3-8-21/h2-3,5,7-9,11-12,14H,4,6,10H2,1H3,(H,17,22). The monoisotopic (exact) mass is 329 g/mol. The largest absolute Gasteiger partial charge is 0.356 e. The predicted molar refractivity (Wildman–Crippen MR) is 89.2 cm³/mol. The van der Waals surface area contributed by atoms with Crippen LogP contribution in [0.4, 0.5) is 0 Å². The fourth-order valence-electron chi connectivity index (χ4n) is 2.48. The lowest BCUT2D eigenvalue weighted by Gasteiger charge is -2.17. The molecule has 23 heavy (non-hydrogen) atoms. The van der Waals surface area contributed by atoms with E-state index in [4.69, 9.17) is 0 Å². The maximum Gasteiger partial charge on any atom is 0.222 e. The van der Waals surface area contributed by atoms with E-state index in [0.717, 1.165) is 11.4 Å². The third kappa shape index (κ3) is 4.07. The van der Waals surface area contributed by atoms with Crippen LogP contribution >= 0.6 is 11.3 Å². The Balaban J connectivity index is 1.56. The highest BCUT2D eigenvalue weighted by atomic mass is 32.1. The molecule has 0 saturated heterocycles. The minimum Gasteiger partial charge on any atom is -0.356 e. The van der Waals surface area contributed by atoms with Crippen LogP contribution < -0.4 is 5.32 Å². The SMILES string of the molecule is Cn1cnc(CCNC(=O)CC(c2ccsc2)n2cccc2)n1. The van der Waals surface area contributed by atoms with Gasteiger partial charge in [-0.1, -0.05) is 0 Å². The van der Waals surface area contributed by atoms with Crippen molar-refractivity contribution in [2.75, 3.05) is 6.54 Å². The molecule has 7 heteroatoms. The van der Waals surface area contributed by atoms with Crippen LogP contribution in [0.5, 0.6) is 0 Å². The maximum absolute atomic E-state index is 12.3. The van der Waals surface area contributed by atoms with Crippen molar-refractivity contribution in [3.63, 3.8) is 0 Å². The Bertz CT molecular complexity index is 698. The number of hydrogen-bond donors (Lipinski definition) is 1. The van der Waals surface area contributed by atoms with Crippen LogP contribution in [-0.2, 0) is 18.3 Å². The quantitative estimate of drug-likeness (QED) is 0.721. The van der Waals surface area contributed by atoms with Crippen LogP contribution in [0.3, 0.4) is 0 Å². The van der Waals surface area contributed by atoms with Gasteiger partial charge in [0.2, 0.25) is 5.91 Å². The lowest BCUT2D eigenvalue weighted by Crippen LogP contribution is -2.28. The van der Waals surface area contributed by atoms with E-state index in [9.17, 15) is 4.79 Å². The summed E-state index contributed by atoms with van der Waals surface area (Å²) >= 11 is 1.65. The smallest absolute Gasteiger partial charge is 0.222 e. The molecule has 0 bridgehead atoms. The molecule has 3 rings (SSSR count). The van der Waals surface area contributed by atoms with Crippen molar-refractivity contribution in [2.24, 2.45) is 7.05 Å². The van der Waals surface area contributed by atoms with Gasteiger partial charge >= 0.3 is 0 Å². The Morgan fingerprint density at radius 1 is 1.39 bits per heavy atom. The Labute approximate surface area is 138 Å². The molecule has 1 atom stereocenters. The maximum atomic E-state index is 12.3. The zero-order valence-corrected chi connectivity index (χ0v) is 13.7. The second kappa shape index (κ2) is 7.23. The minimum absolute atomic E-state index is 0.0317. The summed E-state index contributed by atoms with van der Waals surface area (Å²) in [6, 6.07) is 6.05. The molecule has 3 aromatic heterocycles. The Morgan fingerprint density at radius 2 is 2.22 bits per heavy atom. The molecule has 0 aliphatic carbocycles. The van der Waals surface area contributed by atoms with Gasteiger partial charge in [0.15, 0.2) is 5.82 Å². The Hall–Kier alpha value is -2.41. The van der Waals surface area contributed by atoms with Crippen molar-refractivity contribution < 1.29 is 4.79 Å². The highest BCUT2D eigenvalue weighted by Gasteiger charge is 2.17. The summed E-state index contributed by atoms with van der Waals surface area (Å²) < 4.78 is 3.73. The first-order chi connectivity index (χ1) is 11.2. The summed E-state index contributed by atoms with van der Waals surface area (Å²) in [4.78, 5) is 16.4. The first-order valence-electron chi connectivity index (χ1n) is 7.48. The van der Waals surface area contributed by atoms with E-state index in [-0.39, 0.29) is 11.9 Å². The van der Waals surface area contributed by atoms with Gasteiger partial charge in [0, 0.05) is 32.4 Å². The second-order valence-corrected chi connectivity index (χ2v) is 6.12. The first-order valence-corrected chi connectivity index (χ1v) is 8.42. The number of carbonyl (C=O) groups excluding carboxylic acids is 1. The van der Waals surface area contributed by atoms with E-state index in [2.05, 4.69) is 31.4 Å². The number of nitrogens with one attached hydrogen (secondary N) is 1. The molecule has 0 spiro atoms. The van der Waals surface area contributed by atoms with Crippen LogP contribution in [-0.4, -0.2) is 31.8 Å². The van der Waals surface area contributed by atoms with Gasteiger partial charge in [-0.3, -0.25) is 9.48 Å². The van der Waals surface area contributed by atoms with Gasteiger partial charge in [0.1, 0.15) is 6.33 Å². The highest BCUT2D eigenvalue weighted by molar-refractivity contribution is 7.07. The predicted octanol–water partition coefficient (Wildman–Crippen LogP) is 2.02. The van der Waals surface area contributed by atoms with Crippen molar-refractivity contribution in [3.05, 3.63) is 59.1 Å². The molecule has 0 saturated carbocycles. The van der Waals surface area contributed by atoms with Crippen LogP contribution in [0.25, 0.3) is 0 Å². The summed E-state index contributed by atoms with van der Waals surface area (Å²) in [5, 5.41) is 11.3. The van der Waals surface area contributed by atoms with E-state index < -0.39 is 0 Å². The summed E-state index contributed by atoms with van der Waals surface area (Å²) in [7, 11) is 1.83. The van der Waals surface area contributed by atoms with Crippen molar-refractivity contribution >= 4 is 17.2 Å². The van der Waals surface area contributed by atoms with E-state index in [1.54, 1.807) is 22.3 Å². The number of aryl methyl sites for hydroxylation is 1. The number of thiophene rings is 1. The molecule has 1 unspecified atom stereocenters. The summed E-state index contributed by atoms with van der Waals surface area (Å²) in [6.45, 7) is 0.547. The third-order valence-corrected chi connectivity index (χ3v) is 4.31. The fraction of sp³-hybridized carbons (Fsp3) is 0.312. The Morgan fingerprint density at radius 3 is 2.87 bits per heavy atom. The minimum atomic E-state index is 0.0317. The number of hydrogen-bond acceptors (Lipinski definition) is 4. The van der Waals surface area contributed by atoms with Crippen molar-refractivity contribution in [1.82, 2.24) is 24.6 Å². The average molecular weight is 329 g/mol. The highest BCUT2D eigenvalue weighted by Crippen LogP contribution is 2.24.